The molecule has 0 bridgehead atoms. The third-order valence-electron chi connectivity index (χ3n) is 3.39. The van der Waals surface area contributed by atoms with Crippen LogP contribution >= 0.6 is 12.2 Å². The first kappa shape index (κ1) is 16.6. The second-order valence-corrected chi connectivity index (χ2v) is 6.03. The topological polar surface area (TPSA) is 46.3 Å². The van der Waals surface area contributed by atoms with Crippen molar-refractivity contribution in [1.82, 2.24) is 4.90 Å². The van der Waals surface area contributed by atoms with Gasteiger partial charge in [0.25, 0.3) is 0 Å². The largest absolute Gasteiger partial charge is 0.393 e. The van der Waals surface area contributed by atoms with Gasteiger partial charge in [-0.05, 0) is 38.8 Å². The van der Waals surface area contributed by atoms with E-state index in [0.717, 1.165) is 11.1 Å². The van der Waals surface area contributed by atoms with E-state index in [2.05, 4.69) is 18.2 Å². The van der Waals surface area contributed by atoms with Crippen LogP contribution in [0.5, 0.6) is 0 Å². The predicted molar refractivity (Wildman–Crippen MR) is 87.9 cm³/mol. The normalized spacial score (nSPS) is 10.7. The van der Waals surface area contributed by atoms with Gasteiger partial charge in [0.2, 0.25) is 5.91 Å². The SMILES string of the molecule is Cc1ccc(C)c(CC(=O)N(CCC(N)=S)C(C)C)c1. The minimum Gasteiger partial charge on any atom is -0.393 e. The van der Waals surface area contributed by atoms with Crippen LogP contribution in [-0.2, 0) is 11.2 Å². The zero-order valence-electron chi connectivity index (χ0n) is 12.8. The van der Waals surface area contributed by atoms with Crippen molar-refractivity contribution >= 4 is 23.1 Å². The zero-order valence-corrected chi connectivity index (χ0v) is 13.6. The van der Waals surface area contributed by atoms with Crippen LogP contribution in [0, 0.1) is 13.8 Å². The molecule has 0 aliphatic carbocycles. The Balaban J connectivity index is 2.80. The lowest BCUT2D eigenvalue weighted by molar-refractivity contribution is -0.132. The van der Waals surface area contributed by atoms with E-state index in [1.165, 1.54) is 5.56 Å². The number of hydrogen-bond donors (Lipinski definition) is 1. The van der Waals surface area contributed by atoms with Crippen molar-refractivity contribution in [3.63, 3.8) is 0 Å². The van der Waals surface area contributed by atoms with Crippen LogP contribution in [0.2, 0.25) is 0 Å². The molecule has 0 aromatic heterocycles. The lowest BCUT2D eigenvalue weighted by Crippen LogP contribution is -2.40. The molecule has 0 aliphatic heterocycles. The van der Waals surface area contributed by atoms with Gasteiger partial charge in [-0.3, -0.25) is 4.79 Å². The quantitative estimate of drug-likeness (QED) is 0.820. The van der Waals surface area contributed by atoms with Gasteiger partial charge in [0.1, 0.15) is 0 Å². The highest BCUT2D eigenvalue weighted by Crippen LogP contribution is 2.13. The second kappa shape index (κ2) is 7.39. The average molecular weight is 292 g/mol. The Morgan fingerprint density at radius 1 is 1.35 bits per heavy atom. The number of carbonyl (C=O) groups is 1. The van der Waals surface area contributed by atoms with Gasteiger partial charge in [-0.15, -0.1) is 0 Å². The molecular formula is C16H24N2OS. The smallest absolute Gasteiger partial charge is 0.227 e. The van der Waals surface area contributed by atoms with Gasteiger partial charge in [-0.1, -0.05) is 36.0 Å². The van der Waals surface area contributed by atoms with Crippen molar-refractivity contribution < 1.29 is 4.79 Å². The van der Waals surface area contributed by atoms with Crippen molar-refractivity contribution in [3.8, 4) is 0 Å². The van der Waals surface area contributed by atoms with Crippen molar-refractivity contribution in [2.75, 3.05) is 6.54 Å². The summed E-state index contributed by atoms with van der Waals surface area (Å²) in [5.41, 5.74) is 8.96. The summed E-state index contributed by atoms with van der Waals surface area (Å²) in [6, 6.07) is 6.37. The first-order valence-corrected chi connectivity index (χ1v) is 7.36. The molecule has 110 valence electrons. The number of amides is 1. The van der Waals surface area contributed by atoms with Gasteiger partial charge in [-0.25, -0.2) is 0 Å². The highest BCUT2D eigenvalue weighted by molar-refractivity contribution is 7.80. The Hall–Kier alpha value is -1.42. The monoisotopic (exact) mass is 292 g/mol. The molecule has 0 heterocycles. The molecule has 1 rings (SSSR count). The highest BCUT2D eigenvalue weighted by atomic mass is 32.1. The molecule has 1 amide bonds. The molecule has 0 saturated carbocycles. The molecule has 0 spiro atoms. The molecule has 0 unspecified atom stereocenters. The Kier molecular flexibility index (Phi) is 6.14. The van der Waals surface area contributed by atoms with Crippen molar-refractivity contribution in [3.05, 3.63) is 34.9 Å². The van der Waals surface area contributed by atoms with Gasteiger partial charge in [-0.2, -0.15) is 0 Å². The van der Waals surface area contributed by atoms with Gasteiger partial charge >= 0.3 is 0 Å². The Morgan fingerprint density at radius 3 is 2.55 bits per heavy atom. The van der Waals surface area contributed by atoms with Crippen LogP contribution in [0.3, 0.4) is 0 Å². The number of hydrogen-bond acceptors (Lipinski definition) is 2. The van der Waals surface area contributed by atoms with E-state index in [1.54, 1.807) is 0 Å². The molecule has 0 aliphatic rings. The second-order valence-electron chi connectivity index (χ2n) is 5.50. The molecule has 0 fully saturated rings. The predicted octanol–water partition coefficient (Wildman–Crippen LogP) is 2.76. The highest BCUT2D eigenvalue weighted by Gasteiger charge is 2.18. The van der Waals surface area contributed by atoms with E-state index in [4.69, 9.17) is 18.0 Å². The van der Waals surface area contributed by atoms with Crippen LogP contribution < -0.4 is 5.73 Å². The molecular weight excluding hydrogens is 268 g/mol. The Labute approximate surface area is 127 Å². The average Bonchev–Trinajstić information content (AvgIpc) is 2.33. The van der Waals surface area contributed by atoms with Crippen molar-refractivity contribution in [2.45, 2.75) is 46.6 Å². The van der Waals surface area contributed by atoms with Gasteiger partial charge in [0, 0.05) is 19.0 Å². The molecule has 1 aromatic carbocycles. The summed E-state index contributed by atoms with van der Waals surface area (Å²) in [7, 11) is 0. The van der Waals surface area contributed by atoms with Gasteiger partial charge < -0.3 is 10.6 Å². The molecule has 1 aromatic rings. The standard InChI is InChI=1S/C16H24N2OS/c1-11(2)18(8-7-15(17)20)16(19)10-14-9-12(3)5-6-13(14)4/h5-6,9,11H,7-8,10H2,1-4H3,(H2,17,20). The van der Waals surface area contributed by atoms with Crippen LogP contribution in [-0.4, -0.2) is 28.4 Å². The van der Waals surface area contributed by atoms with E-state index in [1.807, 2.05) is 32.6 Å². The fraction of sp³-hybridized carbons (Fsp3) is 0.500. The Morgan fingerprint density at radius 2 is 2.00 bits per heavy atom. The first-order valence-electron chi connectivity index (χ1n) is 6.95. The number of rotatable bonds is 6. The third-order valence-corrected chi connectivity index (χ3v) is 3.59. The van der Waals surface area contributed by atoms with E-state index in [0.29, 0.717) is 24.4 Å². The van der Waals surface area contributed by atoms with E-state index < -0.39 is 0 Å². The summed E-state index contributed by atoms with van der Waals surface area (Å²) < 4.78 is 0. The number of benzene rings is 1. The van der Waals surface area contributed by atoms with E-state index in [9.17, 15) is 4.79 Å². The van der Waals surface area contributed by atoms with Crippen molar-refractivity contribution in [2.24, 2.45) is 5.73 Å². The maximum absolute atomic E-state index is 12.5. The maximum Gasteiger partial charge on any atom is 0.227 e. The molecule has 4 heteroatoms. The molecule has 2 N–H and O–H groups in total. The lowest BCUT2D eigenvalue weighted by Gasteiger charge is -2.27. The Bertz CT molecular complexity index is 497. The zero-order chi connectivity index (χ0) is 15.3. The van der Waals surface area contributed by atoms with Crippen molar-refractivity contribution in [1.29, 1.82) is 0 Å². The fourth-order valence-corrected chi connectivity index (χ4v) is 2.25. The summed E-state index contributed by atoms with van der Waals surface area (Å²) in [6.45, 7) is 8.70. The molecule has 3 nitrogen and oxygen atoms in total. The van der Waals surface area contributed by atoms with Crippen LogP contribution in [0.1, 0.15) is 37.0 Å². The minimum atomic E-state index is 0.130. The lowest BCUT2D eigenvalue weighted by atomic mass is 10.0. The number of nitrogens with zero attached hydrogens (tertiary/aromatic N) is 1. The number of aryl methyl sites for hydroxylation is 2. The summed E-state index contributed by atoms with van der Waals surface area (Å²) in [6.07, 6.45) is 1.01. The summed E-state index contributed by atoms with van der Waals surface area (Å²) in [5.74, 6) is 0.130. The van der Waals surface area contributed by atoms with Gasteiger partial charge in [0.05, 0.1) is 11.4 Å². The molecule has 0 atom stereocenters. The number of thiocarbonyl (C=S) groups is 1. The third kappa shape index (κ3) is 4.93. The van der Waals surface area contributed by atoms with E-state index in [-0.39, 0.29) is 11.9 Å². The minimum absolute atomic E-state index is 0.130. The summed E-state index contributed by atoms with van der Waals surface area (Å²) >= 11 is 4.89. The summed E-state index contributed by atoms with van der Waals surface area (Å²) in [4.78, 5) is 14.8. The molecule has 20 heavy (non-hydrogen) atoms. The van der Waals surface area contributed by atoms with Crippen LogP contribution in [0.25, 0.3) is 0 Å². The number of nitrogens with two attached hydrogens (primary N) is 1. The maximum atomic E-state index is 12.5. The fourth-order valence-electron chi connectivity index (χ4n) is 2.16. The van der Waals surface area contributed by atoms with E-state index >= 15 is 0 Å². The molecule has 0 saturated heterocycles. The first-order chi connectivity index (χ1) is 9.31. The van der Waals surface area contributed by atoms with Crippen LogP contribution in [0.15, 0.2) is 18.2 Å². The van der Waals surface area contributed by atoms with Crippen LogP contribution in [0.4, 0.5) is 0 Å². The molecule has 0 radical (unpaired) electrons. The van der Waals surface area contributed by atoms with Gasteiger partial charge in [0.15, 0.2) is 0 Å². The summed E-state index contributed by atoms with van der Waals surface area (Å²) in [5, 5.41) is 0. The number of carbonyl (C=O) groups excluding carboxylic acids is 1.